The third-order valence-corrected chi connectivity index (χ3v) is 3.92. The molecule has 0 aromatic heterocycles. The average Bonchev–Trinajstić information content (AvgIpc) is 2.26. The summed E-state index contributed by atoms with van der Waals surface area (Å²) in [6.45, 7) is 0.886. The van der Waals surface area contributed by atoms with Crippen molar-refractivity contribution >= 4 is 31.2 Å². The molecular weight excluding hydrogens is 275 g/mol. The molecule has 15 heavy (non-hydrogen) atoms. The van der Waals surface area contributed by atoms with E-state index >= 15 is 0 Å². The maximum atomic E-state index is 7.58. The number of hydrogen-bond donors (Lipinski definition) is 2. The number of hydrogen-bond acceptors (Lipinski definition) is 2. The minimum atomic E-state index is 0.254. The Bertz CT molecular complexity index is 290. The van der Waals surface area contributed by atoms with Crippen LogP contribution in [0.15, 0.2) is 30.3 Å². The first-order chi connectivity index (χ1) is 7.33. The number of benzene rings is 1. The molecule has 0 unspecified atom stereocenters. The molecule has 0 bridgehead atoms. The first kappa shape index (κ1) is 12.7. The summed E-state index contributed by atoms with van der Waals surface area (Å²) in [5.41, 5.74) is 2.20. The third kappa shape index (κ3) is 5.95. The van der Waals surface area contributed by atoms with Crippen LogP contribution in [0, 0.1) is 5.41 Å². The Kier molecular flexibility index (Phi) is 6.69. The van der Waals surface area contributed by atoms with Crippen molar-refractivity contribution in [3.05, 3.63) is 35.9 Å². The van der Waals surface area contributed by atoms with Gasteiger partial charge in [0, 0.05) is 0 Å². The summed E-state index contributed by atoms with van der Waals surface area (Å²) in [4.78, 5) is 0. The zero-order valence-corrected chi connectivity index (χ0v) is 11.0. The van der Waals surface area contributed by atoms with Crippen LogP contribution >= 0.6 is 11.6 Å². The van der Waals surface area contributed by atoms with E-state index in [1.54, 1.807) is 0 Å². The van der Waals surface area contributed by atoms with Crippen LogP contribution in [-0.2, 0) is 6.54 Å². The standard InChI is InChI=1S/C11H15ClN2Se/c12-7-6-11(13)15-9-14-8-10-4-2-1-3-5-10/h1-5,13-14H,6-9H2. The fourth-order valence-electron chi connectivity index (χ4n) is 1.09. The Balaban J connectivity index is 2.10. The van der Waals surface area contributed by atoms with Crippen LogP contribution in [0.2, 0.25) is 0 Å². The summed E-state index contributed by atoms with van der Waals surface area (Å²) in [6, 6.07) is 10.3. The molecule has 0 aliphatic heterocycles. The molecule has 0 radical (unpaired) electrons. The molecule has 0 fully saturated rings. The van der Waals surface area contributed by atoms with E-state index in [9.17, 15) is 0 Å². The number of alkyl halides is 1. The van der Waals surface area contributed by atoms with Gasteiger partial charge in [-0.05, 0) is 0 Å². The predicted molar refractivity (Wildman–Crippen MR) is 67.0 cm³/mol. The molecule has 0 aliphatic carbocycles. The number of rotatable bonds is 7. The van der Waals surface area contributed by atoms with Crippen LogP contribution in [0.4, 0.5) is 0 Å². The molecule has 0 amide bonds. The molecule has 0 atom stereocenters. The second-order valence-corrected chi connectivity index (χ2v) is 5.69. The van der Waals surface area contributed by atoms with E-state index in [0.29, 0.717) is 5.88 Å². The predicted octanol–water partition coefficient (Wildman–Crippen LogP) is 2.04. The molecule has 1 rings (SSSR count). The van der Waals surface area contributed by atoms with Gasteiger partial charge < -0.3 is 0 Å². The van der Waals surface area contributed by atoms with E-state index in [1.807, 2.05) is 18.2 Å². The van der Waals surface area contributed by atoms with E-state index < -0.39 is 0 Å². The topological polar surface area (TPSA) is 35.9 Å². The third-order valence-electron chi connectivity index (χ3n) is 1.84. The molecular formula is C11H15ClN2Se. The van der Waals surface area contributed by atoms with Crippen molar-refractivity contribution in [1.29, 1.82) is 5.41 Å². The summed E-state index contributed by atoms with van der Waals surface area (Å²) in [6.07, 6.45) is 0.731. The Morgan fingerprint density at radius 3 is 2.73 bits per heavy atom. The van der Waals surface area contributed by atoms with Gasteiger partial charge in [-0.1, -0.05) is 0 Å². The molecule has 1 aromatic carbocycles. The molecule has 0 heterocycles. The molecule has 0 spiro atoms. The van der Waals surface area contributed by atoms with Crippen LogP contribution in [-0.4, -0.2) is 30.9 Å². The SMILES string of the molecule is N=C(CCCl)[Se]CNCc1ccccc1. The minimum absolute atomic E-state index is 0.254. The van der Waals surface area contributed by atoms with Crippen molar-refractivity contribution in [2.75, 3.05) is 11.3 Å². The molecule has 0 saturated carbocycles. The van der Waals surface area contributed by atoms with E-state index in [-0.39, 0.29) is 15.0 Å². The summed E-state index contributed by atoms with van der Waals surface area (Å²) >= 11 is 5.81. The van der Waals surface area contributed by atoms with Crippen molar-refractivity contribution in [3.63, 3.8) is 0 Å². The zero-order valence-electron chi connectivity index (χ0n) is 8.50. The monoisotopic (exact) mass is 290 g/mol. The quantitative estimate of drug-likeness (QED) is 0.343. The Morgan fingerprint density at radius 1 is 1.33 bits per heavy atom. The van der Waals surface area contributed by atoms with Crippen molar-refractivity contribution in [1.82, 2.24) is 5.32 Å². The van der Waals surface area contributed by atoms with Gasteiger partial charge >= 0.3 is 102 Å². The van der Waals surface area contributed by atoms with Gasteiger partial charge in [0.1, 0.15) is 0 Å². The van der Waals surface area contributed by atoms with Gasteiger partial charge in [-0.2, -0.15) is 0 Å². The Hall–Kier alpha value is -0.341. The molecule has 4 heteroatoms. The Morgan fingerprint density at radius 2 is 2.07 bits per heavy atom. The van der Waals surface area contributed by atoms with Crippen LogP contribution in [0.25, 0.3) is 0 Å². The van der Waals surface area contributed by atoms with Crippen LogP contribution < -0.4 is 5.32 Å². The van der Waals surface area contributed by atoms with Gasteiger partial charge in [0.25, 0.3) is 0 Å². The molecule has 2 N–H and O–H groups in total. The first-order valence-corrected chi connectivity index (χ1v) is 7.44. The van der Waals surface area contributed by atoms with Gasteiger partial charge in [0.2, 0.25) is 0 Å². The van der Waals surface area contributed by atoms with E-state index in [1.165, 1.54) is 5.56 Å². The van der Waals surface area contributed by atoms with E-state index in [4.69, 9.17) is 17.0 Å². The van der Waals surface area contributed by atoms with Crippen LogP contribution in [0.1, 0.15) is 12.0 Å². The van der Waals surface area contributed by atoms with E-state index in [2.05, 4.69) is 17.4 Å². The fraction of sp³-hybridized carbons (Fsp3) is 0.364. The molecule has 82 valence electrons. The van der Waals surface area contributed by atoms with Gasteiger partial charge in [0.05, 0.1) is 0 Å². The van der Waals surface area contributed by atoms with Crippen molar-refractivity contribution in [2.45, 2.75) is 13.0 Å². The fourth-order valence-corrected chi connectivity index (χ4v) is 2.84. The van der Waals surface area contributed by atoms with Crippen LogP contribution in [0.3, 0.4) is 0 Å². The number of nitrogens with one attached hydrogen (secondary N) is 2. The normalized spacial score (nSPS) is 10.2. The first-order valence-electron chi connectivity index (χ1n) is 4.83. The molecule has 0 aliphatic rings. The van der Waals surface area contributed by atoms with Gasteiger partial charge in [0.15, 0.2) is 0 Å². The maximum absolute atomic E-state index is 7.58. The van der Waals surface area contributed by atoms with Crippen LogP contribution in [0.5, 0.6) is 0 Å². The summed E-state index contributed by atoms with van der Waals surface area (Å²) < 4.78 is 0.790. The Labute approximate surface area is 102 Å². The van der Waals surface area contributed by atoms with Gasteiger partial charge in [-0.25, -0.2) is 0 Å². The van der Waals surface area contributed by atoms with Crippen molar-refractivity contribution in [2.24, 2.45) is 0 Å². The van der Waals surface area contributed by atoms with Crippen molar-refractivity contribution < 1.29 is 0 Å². The second kappa shape index (κ2) is 7.89. The summed E-state index contributed by atoms with van der Waals surface area (Å²) in [5.74, 6) is 0.569. The molecule has 2 nitrogen and oxygen atoms in total. The van der Waals surface area contributed by atoms with Gasteiger partial charge in [-0.15, -0.1) is 0 Å². The average molecular weight is 290 g/mol. The summed E-state index contributed by atoms with van der Waals surface area (Å²) in [7, 11) is 0. The second-order valence-electron chi connectivity index (χ2n) is 3.06. The molecule has 1 aromatic rings. The van der Waals surface area contributed by atoms with E-state index in [0.717, 1.165) is 23.0 Å². The van der Waals surface area contributed by atoms with Crippen molar-refractivity contribution in [3.8, 4) is 0 Å². The summed E-state index contributed by atoms with van der Waals surface area (Å²) in [5, 5.41) is 10.9. The zero-order chi connectivity index (χ0) is 10.9. The molecule has 0 saturated heterocycles. The number of halogens is 1. The van der Waals surface area contributed by atoms with Gasteiger partial charge in [-0.3, -0.25) is 0 Å².